The lowest BCUT2D eigenvalue weighted by Gasteiger charge is -2.32. The summed E-state index contributed by atoms with van der Waals surface area (Å²) in [6.45, 7) is 3.89. The van der Waals surface area contributed by atoms with Crippen molar-refractivity contribution in [3.8, 4) is 11.5 Å². The first-order chi connectivity index (χ1) is 10.6. The molecule has 0 bridgehead atoms. The number of aryl methyl sites for hydroxylation is 1. The van der Waals surface area contributed by atoms with E-state index in [4.69, 9.17) is 14.6 Å². The lowest BCUT2D eigenvalue weighted by atomic mass is 10.0. The Morgan fingerprint density at radius 1 is 1.27 bits per heavy atom. The molecule has 1 atom stereocenters. The minimum Gasteiger partial charge on any atom is -0.486 e. The van der Waals surface area contributed by atoms with Crippen LogP contribution in [0.2, 0.25) is 0 Å². The molecule has 1 fully saturated rings. The molecule has 2 aliphatic heterocycles. The predicted molar refractivity (Wildman–Crippen MR) is 77.5 cm³/mol. The fourth-order valence-electron chi connectivity index (χ4n) is 2.69. The molecule has 0 aliphatic carbocycles. The van der Waals surface area contributed by atoms with Gasteiger partial charge in [-0.05, 0) is 24.6 Å². The summed E-state index contributed by atoms with van der Waals surface area (Å²) < 4.78 is 11.0. The van der Waals surface area contributed by atoms with Crippen LogP contribution in [0.3, 0.4) is 0 Å². The van der Waals surface area contributed by atoms with Gasteiger partial charge in [0.1, 0.15) is 19.3 Å². The number of amides is 1. The van der Waals surface area contributed by atoms with Gasteiger partial charge in [-0.3, -0.25) is 9.59 Å². The lowest BCUT2D eigenvalue weighted by Crippen LogP contribution is -2.55. The van der Waals surface area contributed by atoms with E-state index in [-0.39, 0.29) is 12.5 Å². The van der Waals surface area contributed by atoms with Gasteiger partial charge in [-0.2, -0.15) is 0 Å². The van der Waals surface area contributed by atoms with E-state index in [9.17, 15) is 9.59 Å². The molecule has 22 heavy (non-hydrogen) atoms. The van der Waals surface area contributed by atoms with Crippen LogP contribution >= 0.6 is 0 Å². The maximum absolute atomic E-state index is 12.7. The Bertz CT molecular complexity index is 616. The van der Waals surface area contributed by atoms with Gasteiger partial charge in [0.15, 0.2) is 11.5 Å². The SMILES string of the molecule is Cc1cc2c(cc1C(=O)N1CCN[C@H](C(=O)O)C1)OCCO2. The Morgan fingerprint density at radius 3 is 2.64 bits per heavy atom. The van der Waals surface area contributed by atoms with E-state index in [1.54, 1.807) is 17.0 Å². The maximum atomic E-state index is 12.7. The molecule has 0 unspecified atom stereocenters. The zero-order valence-electron chi connectivity index (χ0n) is 12.3. The van der Waals surface area contributed by atoms with Crippen LogP contribution in [-0.4, -0.2) is 60.8 Å². The molecule has 3 rings (SSSR count). The van der Waals surface area contributed by atoms with E-state index in [2.05, 4.69) is 5.32 Å². The van der Waals surface area contributed by atoms with E-state index in [0.29, 0.717) is 43.4 Å². The van der Waals surface area contributed by atoms with Crippen molar-refractivity contribution in [1.82, 2.24) is 10.2 Å². The second kappa shape index (κ2) is 5.84. The molecule has 0 saturated carbocycles. The minimum atomic E-state index is -0.948. The quantitative estimate of drug-likeness (QED) is 0.815. The van der Waals surface area contributed by atoms with E-state index in [0.717, 1.165) is 5.56 Å². The molecule has 118 valence electrons. The average Bonchev–Trinajstić information content (AvgIpc) is 2.53. The monoisotopic (exact) mass is 306 g/mol. The molecule has 2 N–H and O–H groups in total. The largest absolute Gasteiger partial charge is 0.486 e. The van der Waals surface area contributed by atoms with Crippen molar-refractivity contribution >= 4 is 11.9 Å². The summed E-state index contributed by atoms with van der Waals surface area (Å²) in [5.74, 6) is 0.0766. The number of piperazine rings is 1. The molecule has 7 heteroatoms. The van der Waals surface area contributed by atoms with Crippen molar-refractivity contribution in [2.24, 2.45) is 0 Å². The number of fused-ring (bicyclic) bond motifs is 1. The van der Waals surface area contributed by atoms with Gasteiger partial charge in [-0.1, -0.05) is 0 Å². The second-order valence-corrected chi connectivity index (χ2v) is 5.41. The van der Waals surface area contributed by atoms with Crippen molar-refractivity contribution in [2.75, 3.05) is 32.8 Å². The zero-order valence-corrected chi connectivity index (χ0v) is 12.3. The number of carboxylic acid groups (broad SMARTS) is 1. The summed E-state index contributed by atoms with van der Waals surface area (Å²) in [4.78, 5) is 25.3. The van der Waals surface area contributed by atoms with Crippen LogP contribution in [0, 0.1) is 6.92 Å². The normalized spacial score (nSPS) is 20.6. The number of aliphatic carboxylic acids is 1. The number of hydrogen-bond acceptors (Lipinski definition) is 5. The van der Waals surface area contributed by atoms with Crippen LogP contribution < -0.4 is 14.8 Å². The number of rotatable bonds is 2. The predicted octanol–water partition coefficient (Wildman–Crippen LogP) is 0.265. The summed E-state index contributed by atoms with van der Waals surface area (Å²) in [6.07, 6.45) is 0. The first-order valence-corrected chi connectivity index (χ1v) is 7.22. The first-order valence-electron chi connectivity index (χ1n) is 7.22. The molecule has 2 heterocycles. The summed E-state index contributed by atoms with van der Waals surface area (Å²) in [5, 5.41) is 12.0. The van der Waals surface area contributed by atoms with Gasteiger partial charge in [0, 0.05) is 25.2 Å². The number of hydrogen-bond donors (Lipinski definition) is 2. The van der Waals surface area contributed by atoms with Crippen molar-refractivity contribution in [2.45, 2.75) is 13.0 Å². The summed E-state index contributed by atoms with van der Waals surface area (Å²) in [6, 6.07) is 2.75. The van der Waals surface area contributed by atoms with Crippen molar-refractivity contribution in [1.29, 1.82) is 0 Å². The Hall–Kier alpha value is -2.28. The van der Waals surface area contributed by atoms with E-state index < -0.39 is 12.0 Å². The minimum absolute atomic E-state index is 0.155. The molecule has 0 spiro atoms. The number of nitrogens with one attached hydrogen (secondary N) is 1. The van der Waals surface area contributed by atoms with Crippen molar-refractivity contribution < 1.29 is 24.2 Å². The van der Waals surface area contributed by atoms with Crippen LogP contribution in [0.5, 0.6) is 11.5 Å². The molecule has 1 amide bonds. The Labute approximate surface area is 127 Å². The third kappa shape index (κ3) is 2.71. The number of nitrogens with zero attached hydrogens (tertiary/aromatic N) is 1. The second-order valence-electron chi connectivity index (χ2n) is 5.41. The highest BCUT2D eigenvalue weighted by molar-refractivity contribution is 5.97. The van der Waals surface area contributed by atoms with Gasteiger partial charge >= 0.3 is 5.97 Å². The first kappa shape index (κ1) is 14.6. The van der Waals surface area contributed by atoms with E-state index >= 15 is 0 Å². The summed E-state index contributed by atoms with van der Waals surface area (Å²) in [7, 11) is 0. The fourth-order valence-corrected chi connectivity index (χ4v) is 2.69. The van der Waals surface area contributed by atoms with Gasteiger partial charge in [0.05, 0.1) is 0 Å². The maximum Gasteiger partial charge on any atom is 0.322 e. The molecule has 0 aromatic heterocycles. The number of carbonyl (C=O) groups excluding carboxylic acids is 1. The van der Waals surface area contributed by atoms with Crippen LogP contribution in [0.4, 0.5) is 0 Å². The summed E-state index contributed by atoms with van der Waals surface area (Å²) >= 11 is 0. The van der Waals surface area contributed by atoms with Crippen molar-refractivity contribution in [3.63, 3.8) is 0 Å². The van der Waals surface area contributed by atoms with Crippen LogP contribution in [0.1, 0.15) is 15.9 Å². The number of carboxylic acids is 1. The molecular formula is C15H18N2O5. The smallest absolute Gasteiger partial charge is 0.322 e. The Kier molecular flexibility index (Phi) is 3.89. The van der Waals surface area contributed by atoms with E-state index in [1.165, 1.54) is 0 Å². The van der Waals surface area contributed by atoms with Gasteiger partial charge in [-0.15, -0.1) is 0 Å². The lowest BCUT2D eigenvalue weighted by molar-refractivity contribution is -0.140. The van der Waals surface area contributed by atoms with Crippen LogP contribution in [-0.2, 0) is 4.79 Å². The molecular weight excluding hydrogens is 288 g/mol. The van der Waals surface area contributed by atoms with Gasteiger partial charge in [0.25, 0.3) is 5.91 Å². The fraction of sp³-hybridized carbons (Fsp3) is 0.467. The zero-order chi connectivity index (χ0) is 15.7. The Morgan fingerprint density at radius 2 is 1.95 bits per heavy atom. The standard InChI is InChI=1S/C15H18N2O5/c1-9-6-12-13(22-5-4-21-12)7-10(9)14(18)17-3-2-16-11(8-17)15(19)20/h6-7,11,16H,2-5,8H2,1H3,(H,19,20)/t11-/m0/s1. The van der Waals surface area contributed by atoms with Gasteiger partial charge in [0.2, 0.25) is 0 Å². The highest BCUT2D eigenvalue weighted by atomic mass is 16.6. The third-order valence-electron chi connectivity index (χ3n) is 3.88. The summed E-state index contributed by atoms with van der Waals surface area (Å²) in [5.41, 5.74) is 1.31. The molecule has 7 nitrogen and oxygen atoms in total. The Balaban J connectivity index is 1.84. The topological polar surface area (TPSA) is 88.1 Å². The van der Waals surface area contributed by atoms with Crippen LogP contribution in [0.15, 0.2) is 12.1 Å². The van der Waals surface area contributed by atoms with Crippen LogP contribution in [0.25, 0.3) is 0 Å². The number of ether oxygens (including phenoxy) is 2. The van der Waals surface area contributed by atoms with E-state index in [1.807, 2.05) is 6.92 Å². The molecule has 1 aromatic rings. The highest BCUT2D eigenvalue weighted by Gasteiger charge is 2.29. The number of carbonyl (C=O) groups is 2. The third-order valence-corrected chi connectivity index (χ3v) is 3.88. The van der Waals surface area contributed by atoms with Gasteiger partial charge < -0.3 is 24.8 Å². The molecule has 0 radical (unpaired) electrons. The molecule has 1 aromatic carbocycles. The average molecular weight is 306 g/mol. The molecule has 1 saturated heterocycles. The molecule has 2 aliphatic rings. The van der Waals surface area contributed by atoms with Gasteiger partial charge in [-0.25, -0.2) is 0 Å². The number of benzene rings is 1. The van der Waals surface area contributed by atoms with Crippen molar-refractivity contribution in [3.05, 3.63) is 23.3 Å². The highest BCUT2D eigenvalue weighted by Crippen LogP contribution is 2.33.